The molecule has 2 N–H and O–H groups in total. The Morgan fingerprint density at radius 1 is 0.333 bits per heavy atom. The molecule has 0 aliphatic rings. The molecule has 0 radical (unpaired) electrons. The number of unbranched alkanes of at least 4 members (excludes halogenated alkanes) is 28. The number of hydrogen-bond donors (Lipinski definition) is 2. The number of rotatable bonds is 32. The summed E-state index contributed by atoms with van der Waals surface area (Å²) in [4.78, 5) is 20.7. The van der Waals surface area contributed by atoms with Crippen molar-refractivity contribution in [3.63, 3.8) is 0 Å². The first-order chi connectivity index (χ1) is 19.5. The van der Waals surface area contributed by atoms with Crippen LogP contribution in [0.2, 0.25) is 0 Å². The van der Waals surface area contributed by atoms with Crippen molar-refractivity contribution in [3.8, 4) is 0 Å². The van der Waals surface area contributed by atoms with Crippen LogP contribution in [-0.4, -0.2) is 89.4 Å². The van der Waals surface area contributed by atoms with E-state index in [0.29, 0.717) is 12.8 Å². The Labute approximate surface area is 315 Å². The quantitative estimate of drug-likeness (QED) is 0.0570. The van der Waals surface area contributed by atoms with Crippen LogP contribution in [-0.2, 0) is 9.59 Å². The summed E-state index contributed by atoms with van der Waals surface area (Å²) < 4.78 is 0. The van der Waals surface area contributed by atoms with Crippen LogP contribution in [0.5, 0.6) is 0 Å². The van der Waals surface area contributed by atoms with Crippen molar-refractivity contribution in [2.24, 2.45) is 0 Å². The fraction of sp³-hybridized carbons (Fsp3) is 0.944. The van der Waals surface area contributed by atoms with Crippen LogP contribution in [0.1, 0.15) is 219 Å². The Kier molecular flexibility index (Phi) is 55.6. The van der Waals surface area contributed by atoms with Gasteiger partial charge in [0.25, 0.3) is 0 Å². The van der Waals surface area contributed by atoms with E-state index in [9.17, 15) is 9.59 Å². The Morgan fingerprint density at radius 2 is 0.476 bits per heavy atom. The van der Waals surface area contributed by atoms with Gasteiger partial charge in [0, 0.05) is 12.8 Å². The van der Waals surface area contributed by atoms with Gasteiger partial charge in [0.2, 0.25) is 0 Å². The van der Waals surface area contributed by atoms with E-state index in [-0.39, 0.29) is 67.3 Å². The van der Waals surface area contributed by atoms with E-state index in [1.807, 2.05) is 0 Å². The number of hydrogen-bond acceptors (Lipinski definition) is 2. The Balaban J connectivity index is -0.000000328. The van der Waals surface area contributed by atoms with Crippen molar-refractivity contribution in [2.45, 2.75) is 219 Å². The summed E-state index contributed by atoms with van der Waals surface area (Å²) in [6, 6.07) is 0. The summed E-state index contributed by atoms with van der Waals surface area (Å²) in [7, 11) is 0. The predicted molar refractivity (Wildman–Crippen MR) is 190 cm³/mol. The topological polar surface area (TPSA) is 74.6 Å². The average molecular weight is 635 g/mol. The standard InChI is InChI=1S/2C18H36O2.Ca.Na.3H/c2*1-2-3-4-5-6-7-8-9-10-11-12-13-14-15-16-17-18(19)20;;;;;/h2*2-17H2,1H3,(H,19,20);;;;;. The zero-order valence-electron chi connectivity index (χ0n) is 27.3. The van der Waals surface area contributed by atoms with Crippen molar-refractivity contribution < 1.29 is 19.8 Å². The van der Waals surface area contributed by atoms with Gasteiger partial charge in [-0.05, 0) is 12.8 Å². The maximum atomic E-state index is 10.3. The number of carbonyl (C=O) groups is 2. The zero-order valence-corrected chi connectivity index (χ0v) is 27.3. The van der Waals surface area contributed by atoms with Gasteiger partial charge >= 0.3 is 79.2 Å². The summed E-state index contributed by atoms with van der Waals surface area (Å²) in [5.74, 6) is -1.31. The summed E-state index contributed by atoms with van der Waals surface area (Å²) in [6.07, 6.45) is 40.4. The van der Waals surface area contributed by atoms with Crippen molar-refractivity contribution >= 4 is 79.2 Å². The van der Waals surface area contributed by atoms with E-state index in [1.54, 1.807) is 0 Å². The van der Waals surface area contributed by atoms with E-state index >= 15 is 0 Å². The van der Waals surface area contributed by atoms with Gasteiger partial charge in [-0.25, -0.2) is 0 Å². The third kappa shape index (κ3) is 53.7. The maximum absolute atomic E-state index is 10.3. The van der Waals surface area contributed by atoms with Gasteiger partial charge in [0.15, 0.2) is 0 Å². The molecule has 6 heteroatoms. The molecule has 0 atom stereocenters. The van der Waals surface area contributed by atoms with Gasteiger partial charge in [0.05, 0.1) is 0 Å². The molecule has 0 aromatic heterocycles. The van der Waals surface area contributed by atoms with Crippen LogP contribution in [0.15, 0.2) is 0 Å². The van der Waals surface area contributed by atoms with Crippen LogP contribution in [0.4, 0.5) is 0 Å². The molecule has 0 saturated carbocycles. The van der Waals surface area contributed by atoms with Crippen LogP contribution >= 0.6 is 0 Å². The normalized spacial score (nSPS) is 10.3. The summed E-state index contributed by atoms with van der Waals surface area (Å²) in [5, 5.41) is 17.0. The van der Waals surface area contributed by atoms with Gasteiger partial charge in [-0.2, -0.15) is 0 Å². The van der Waals surface area contributed by atoms with E-state index in [4.69, 9.17) is 10.2 Å². The minimum atomic E-state index is -0.653. The summed E-state index contributed by atoms with van der Waals surface area (Å²) in [5.41, 5.74) is 0. The third-order valence-corrected chi connectivity index (χ3v) is 7.99. The molecule has 0 amide bonds. The first kappa shape index (κ1) is 50.1. The molecular formula is C36H75CaNaO4. The average Bonchev–Trinajstić information content (AvgIpc) is 2.93. The molecule has 0 rings (SSSR count). The van der Waals surface area contributed by atoms with Crippen LogP contribution in [0, 0.1) is 0 Å². The van der Waals surface area contributed by atoms with Crippen LogP contribution in [0.3, 0.4) is 0 Å². The van der Waals surface area contributed by atoms with E-state index in [0.717, 1.165) is 25.7 Å². The Bertz CT molecular complexity index is 461. The molecule has 0 heterocycles. The van der Waals surface area contributed by atoms with Crippen molar-refractivity contribution in [2.75, 3.05) is 0 Å². The van der Waals surface area contributed by atoms with Crippen LogP contribution in [0.25, 0.3) is 0 Å². The molecule has 42 heavy (non-hydrogen) atoms. The number of aliphatic carboxylic acids is 2. The SMILES string of the molecule is CCCCCCCCCCCCCCCCCC(=O)O.CCCCCCCCCCCCCCCCCC(=O)O.[CaH2].[NaH]. The second-order valence-electron chi connectivity index (χ2n) is 12.2. The molecule has 0 aliphatic carbocycles. The Morgan fingerprint density at radius 3 is 0.619 bits per heavy atom. The molecule has 0 bridgehead atoms. The minimum absolute atomic E-state index is 0. The third-order valence-electron chi connectivity index (χ3n) is 7.99. The number of carboxylic acid groups (broad SMARTS) is 2. The van der Waals surface area contributed by atoms with Crippen molar-refractivity contribution in [3.05, 3.63) is 0 Å². The molecule has 0 fully saturated rings. The van der Waals surface area contributed by atoms with E-state index in [2.05, 4.69) is 13.8 Å². The second kappa shape index (κ2) is 46.6. The van der Waals surface area contributed by atoms with Gasteiger partial charge < -0.3 is 10.2 Å². The van der Waals surface area contributed by atoms with Gasteiger partial charge in [-0.3, -0.25) is 9.59 Å². The van der Waals surface area contributed by atoms with Crippen LogP contribution < -0.4 is 0 Å². The first-order valence-electron chi connectivity index (χ1n) is 18.0. The molecule has 0 aliphatic heterocycles. The number of carboxylic acids is 2. The van der Waals surface area contributed by atoms with E-state index < -0.39 is 11.9 Å². The molecule has 246 valence electrons. The first-order valence-corrected chi connectivity index (χ1v) is 18.0. The molecule has 4 nitrogen and oxygen atoms in total. The monoisotopic (exact) mass is 635 g/mol. The van der Waals surface area contributed by atoms with Gasteiger partial charge in [0.1, 0.15) is 0 Å². The van der Waals surface area contributed by atoms with Crippen molar-refractivity contribution in [1.82, 2.24) is 0 Å². The second-order valence-corrected chi connectivity index (χ2v) is 12.2. The Hall–Kier alpha value is 1.20. The van der Waals surface area contributed by atoms with E-state index in [1.165, 1.54) is 167 Å². The predicted octanol–water partition coefficient (Wildman–Crippen LogP) is 11.1. The molecule has 0 saturated heterocycles. The fourth-order valence-electron chi connectivity index (χ4n) is 5.30. The molecule has 0 spiro atoms. The summed E-state index contributed by atoms with van der Waals surface area (Å²) >= 11 is 0. The molecule has 0 unspecified atom stereocenters. The summed E-state index contributed by atoms with van der Waals surface area (Å²) in [6.45, 7) is 4.54. The fourth-order valence-corrected chi connectivity index (χ4v) is 5.30. The molecule has 0 aromatic rings. The van der Waals surface area contributed by atoms with Gasteiger partial charge in [-0.15, -0.1) is 0 Å². The molecular weight excluding hydrogens is 559 g/mol. The van der Waals surface area contributed by atoms with Gasteiger partial charge in [-0.1, -0.05) is 194 Å². The molecule has 0 aromatic carbocycles. The zero-order chi connectivity index (χ0) is 29.8. The van der Waals surface area contributed by atoms with Crippen molar-refractivity contribution in [1.29, 1.82) is 0 Å².